The summed E-state index contributed by atoms with van der Waals surface area (Å²) in [6.07, 6.45) is -2.33. The molecule has 1 saturated heterocycles. The highest BCUT2D eigenvalue weighted by molar-refractivity contribution is 5.92. The van der Waals surface area contributed by atoms with E-state index < -0.39 is 11.7 Å². The fraction of sp³-hybridized carbons (Fsp3) is 0.412. The predicted octanol–water partition coefficient (Wildman–Crippen LogP) is 1.59. The van der Waals surface area contributed by atoms with Gasteiger partial charge < -0.3 is 10.2 Å². The Morgan fingerprint density at radius 3 is 2.44 bits per heavy atom. The number of hydrogen-bond acceptors (Lipinski definition) is 5. The summed E-state index contributed by atoms with van der Waals surface area (Å²) in [7, 11) is 1.47. The summed E-state index contributed by atoms with van der Waals surface area (Å²) in [6.45, 7) is 1.12. The third-order valence-corrected chi connectivity index (χ3v) is 4.42. The van der Waals surface area contributed by atoms with Crippen molar-refractivity contribution in [2.24, 2.45) is 7.05 Å². The Hall–Kier alpha value is -2.91. The number of aromatic nitrogens is 3. The molecule has 1 N–H and O–H groups in total. The number of halogens is 3. The summed E-state index contributed by atoms with van der Waals surface area (Å²) in [5.74, 6) is 0.115. The van der Waals surface area contributed by atoms with Crippen LogP contribution in [0.4, 0.5) is 19.0 Å². The average molecular weight is 381 g/mol. The zero-order valence-corrected chi connectivity index (χ0v) is 14.5. The topological polar surface area (TPSA) is 80.1 Å². The molecule has 27 heavy (non-hydrogen) atoms. The molecule has 3 heterocycles. The van der Waals surface area contributed by atoms with Crippen molar-refractivity contribution in [2.45, 2.75) is 25.1 Å². The fourth-order valence-electron chi connectivity index (χ4n) is 2.88. The third kappa shape index (κ3) is 4.44. The number of aryl methyl sites for hydroxylation is 1. The number of piperidine rings is 1. The molecule has 0 atom stereocenters. The van der Waals surface area contributed by atoms with Crippen LogP contribution in [0.2, 0.25) is 0 Å². The number of alkyl halides is 3. The van der Waals surface area contributed by atoms with Crippen LogP contribution in [-0.4, -0.2) is 39.8 Å². The number of nitrogens with one attached hydrogen (secondary N) is 1. The number of anilines is 1. The minimum absolute atomic E-state index is 0.0813. The smallest absolute Gasteiger partial charge is 0.356 e. The van der Waals surface area contributed by atoms with Gasteiger partial charge in [0.05, 0.1) is 5.56 Å². The van der Waals surface area contributed by atoms with E-state index >= 15 is 0 Å². The Kier molecular flexibility index (Phi) is 5.15. The van der Waals surface area contributed by atoms with Crippen molar-refractivity contribution in [1.29, 1.82) is 0 Å². The predicted molar refractivity (Wildman–Crippen MR) is 91.4 cm³/mol. The first-order valence-electron chi connectivity index (χ1n) is 8.37. The van der Waals surface area contributed by atoms with E-state index in [1.165, 1.54) is 25.2 Å². The van der Waals surface area contributed by atoms with Gasteiger partial charge in [-0.05, 0) is 31.0 Å². The van der Waals surface area contributed by atoms with Gasteiger partial charge in [0.1, 0.15) is 11.5 Å². The molecule has 0 saturated carbocycles. The third-order valence-electron chi connectivity index (χ3n) is 4.42. The van der Waals surface area contributed by atoms with Gasteiger partial charge in [0.2, 0.25) is 0 Å². The van der Waals surface area contributed by atoms with Crippen molar-refractivity contribution in [2.75, 3.05) is 18.0 Å². The van der Waals surface area contributed by atoms with E-state index in [-0.39, 0.29) is 23.2 Å². The van der Waals surface area contributed by atoms with Gasteiger partial charge in [-0.15, -0.1) is 0 Å². The first-order chi connectivity index (χ1) is 12.7. The van der Waals surface area contributed by atoms with Crippen LogP contribution >= 0.6 is 0 Å². The van der Waals surface area contributed by atoms with E-state index in [1.807, 2.05) is 4.90 Å². The van der Waals surface area contributed by atoms with Crippen LogP contribution in [0.1, 0.15) is 28.9 Å². The van der Waals surface area contributed by atoms with Gasteiger partial charge in [-0.25, -0.2) is 9.67 Å². The lowest BCUT2D eigenvalue weighted by atomic mass is 10.0. The number of carbonyl (C=O) groups is 1. The molecule has 0 radical (unpaired) electrons. The molecule has 0 bridgehead atoms. The largest absolute Gasteiger partial charge is 0.417 e. The van der Waals surface area contributed by atoms with Gasteiger partial charge >= 0.3 is 6.18 Å². The standard InChI is InChI=1S/C17H18F3N5O2/c1-24-15(26)5-3-13(23-24)16(27)22-12-6-8-25(9-7-12)14-4-2-11(10-21-14)17(18,19)20/h2-5,10,12H,6-9H2,1H3,(H,22,27). The maximum Gasteiger partial charge on any atom is 0.417 e. The van der Waals surface area contributed by atoms with E-state index in [0.29, 0.717) is 31.7 Å². The van der Waals surface area contributed by atoms with Gasteiger partial charge in [-0.1, -0.05) is 0 Å². The quantitative estimate of drug-likeness (QED) is 0.874. The summed E-state index contributed by atoms with van der Waals surface area (Å²) in [4.78, 5) is 29.3. The second kappa shape index (κ2) is 7.37. The molecule has 144 valence electrons. The SMILES string of the molecule is Cn1nc(C(=O)NC2CCN(c3ccc(C(F)(F)F)cn3)CC2)ccc1=O. The normalized spacial score (nSPS) is 15.6. The van der Waals surface area contributed by atoms with Crippen LogP contribution in [0, 0.1) is 0 Å². The number of hydrogen-bond donors (Lipinski definition) is 1. The minimum Gasteiger partial charge on any atom is -0.356 e. The molecule has 0 aromatic carbocycles. The van der Waals surface area contributed by atoms with Gasteiger partial charge in [0, 0.05) is 38.4 Å². The zero-order valence-electron chi connectivity index (χ0n) is 14.5. The first-order valence-corrected chi connectivity index (χ1v) is 8.37. The summed E-state index contributed by atoms with van der Waals surface area (Å²) in [5, 5.41) is 6.78. The number of rotatable bonds is 3. The number of amides is 1. The molecule has 7 nitrogen and oxygen atoms in total. The van der Waals surface area contributed by atoms with Crippen LogP contribution in [0.5, 0.6) is 0 Å². The number of carbonyl (C=O) groups excluding carboxylic acids is 1. The second-order valence-electron chi connectivity index (χ2n) is 6.32. The molecule has 3 rings (SSSR count). The lowest BCUT2D eigenvalue weighted by Gasteiger charge is -2.33. The fourth-order valence-corrected chi connectivity index (χ4v) is 2.88. The van der Waals surface area contributed by atoms with Crippen molar-refractivity contribution in [3.05, 3.63) is 52.1 Å². The zero-order chi connectivity index (χ0) is 19.6. The van der Waals surface area contributed by atoms with Gasteiger partial charge in [-0.3, -0.25) is 9.59 Å². The Labute approximate surface area is 152 Å². The van der Waals surface area contributed by atoms with Crippen LogP contribution in [0.3, 0.4) is 0 Å². The lowest BCUT2D eigenvalue weighted by Crippen LogP contribution is -2.45. The first kappa shape index (κ1) is 18.9. The lowest BCUT2D eigenvalue weighted by molar-refractivity contribution is -0.137. The van der Waals surface area contributed by atoms with Crippen molar-refractivity contribution < 1.29 is 18.0 Å². The molecule has 1 amide bonds. The molecule has 1 aliphatic heterocycles. The molecule has 2 aromatic rings. The maximum atomic E-state index is 12.6. The van der Waals surface area contributed by atoms with Crippen molar-refractivity contribution in [3.8, 4) is 0 Å². The van der Waals surface area contributed by atoms with E-state index in [2.05, 4.69) is 15.4 Å². The van der Waals surface area contributed by atoms with E-state index in [1.54, 1.807) is 0 Å². The highest BCUT2D eigenvalue weighted by atomic mass is 19.4. The molecular formula is C17H18F3N5O2. The van der Waals surface area contributed by atoms with Gasteiger partial charge in [0.25, 0.3) is 11.5 Å². The van der Waals surface area contributed by atoms with Crippen molar-refractivity contribution >= 4 is 11.7 Å². The monoisotopic (exact) mass is 381 g/mol. The second-order valence-corrected chi connectivity index (χ2v) is 6.32. The van der Waals surface area contributed by atoms with Crippen LogP contribution in [0.15, 0.2) is 35.3 Å². The maximum absolute atomic E-state index is 12.6. The van der Waals surface area contributed by atoms with E-state index in [9.17, 15) is 22.8 Å². The molecule has 0 aliphatic carbocycles. The van der Waals surface area contributed by atoms with Crippen molar-refractivity contribution in [3.63, 3.8) is 0 Å². The molecule has 0 unspecified atom stereocenters. The summed E-state index contributed by atoms with van der Waals surface area (Å²) >= 11 is 0. The molecule has 0 spiro atoms. The highest BCUT2D eigenvalue weighted by Gasteiger charge is 2.31. The Morgan fingerprint density at radius 1 is 1.19 bits per heavy atom. The Balaban J connectivity index is 1.56. The molecule has 1 fully saturated rings. The van der Waals surface area contributed by atoms with Crippen LogP contribution < -0.4 is 15.8 Å². The Bertz CT molecular complexity index is 871. The number of nitrogens with zero attached hydrogens (tertiary/aromatic N) is 4. The molecule has 10 heteroatoms. The number of pyridine rings is 1. The minimum atomic E-state index is -4.40. The highest BCUT2D eigenvalue weighted by Crippen LogP contribution is 2.29. The van der Waals surface area contributed by atoms with Gasteiger partial charge in [0.15, 0.2) is 0 Å². The average Bonchev–Trinajstić information content (AvgIpc) is 2.64. The van der Waals surface area contributed by atoms with Crippen LogP contribution in [0.25, 0.3) is 0 Å². The molecule has 1 aliphatic rings. The van der Waals surface area contributed by atoms with Crippen molar-refractivity contribution in [1.82, 2.24) is 20.1 Å². The Morgan fingerprint density at radius 2 is 1.89 bits per heavy atom. The summed E-state index contributed by atoms with van der Waals surface area (Å²) in [6, 6.07) is 4.94. The van der Waals surface area contributed by atoms with Gasteiger partial charge in [-0.2, -0.15) is 18.3 Å². The van der Waals surface area contributed by atoms with Crippen LogP contribution in [-0.2, 0) is 13.2 Å². The molecule has 2 aromatic heterocycles. The van der Waals surface area contributed by atoms with E-state index in [4.69, 9.17) is 0 Å². The summed E-state index contributed by atoms with van der Waals surface area (Å²) in [5.41, 5.74) is -0.925. The molecular weight excluding hydrogens is 363 g/mol. The summed E-state index contributed by atoms with van der Waals surface area (Å²) < 4.78 is 38.9. The van der Waals surface area contributed by atoms with E-state index in [0.717, 1.165) is 16.9 Å².